The molecule has 1 heterocycles. The average molecular weight is 412 g/mol. The minimum absolute atomic E-state index is 0.104. The van der Waals surface area contributed by atoms with E-state index >= 15 is 0 Å². The highest BCUT2D eigenvalue weighted by atomic mass is 16.4. The Kier molecular flexibility index (Phi) is 6.24. The summed E-state index contributed by atoms with van der Waals surface area (Å²) >= 11 is 0. The summed E-state index contributed by atoms with van der Waals surface area (Å²) in [4.78, 5) is 15.2. The van der Waals surface area contributed by atoms with Crippen molar-refractivity contribution < 1.29 is 14.3 Å². The molecule has 0 unspecified atom stereocenters. The molecule has 0 saturated heterocycles. The Morgan fingerprint density at radius 3 is 2.52 bits per heavy atom. The van der Waals surface area contributed by atoms with E-state index in [9.17, 15) is 4.79 Å². The zero-order chi connectivity index (χ0) is 21.6. The number of rotatable bonds is 8. The molecule has 0 saturated carbocycles. The number of carbonyl (C=O) groups is 1. The van der Waals surface area contributed by atoms with Gasteiger partial charge in [-0.1, -0.05) is 60.7 Å². The highest BCUT2D eigenvalue weighted by Crippen LogP contribution is 2.33. The Morgan fingerprint density at radius 1 is 0.968 bits per heavy atom. The Balaban J connectivity index is 1.55. The highest BCUT2D eigenvalue weighted by Gasteiger charge is 2.14. The van der Waals surface area contributed by atoms with E-state index in [-0.39, 0.29) is 6.42 Å². The second-order valence-electron chi connectivity index (χ2n) is 7.39. The third-order valence-electron chi connectivity index (χ3n) is 5.21. The summed E-state index contributed by atoms with van der Waals surface area (Å²) in [6.07, 6.45) is 1.85. The predicted octanol–water partition coefficient (Wildman–Crippen LogP) is 5.55. The molecule has 0 radical (unpaired) electrons. The van der Waals surface area contributed by atoms with Crippen LogP contribution in [0.5, 0.6) is 0 Å². The van der Waals surface area contributed by atoms with Crippen LogP contribution in [-0.4, -0.2) is 22.6 Å². The Hall–Kier alpha value is -3.70. The van der Waals surface area contributed by atoms with Gasteiger partial charge in [-0.05, 0) is 41.3 Å². The SMILES string of the molecule is Cc1c(-c2ccccc2)cccc1-c1ncc(-c2cccc(CNCCC(=O)O)c2)o1. The quantitative estimate of drug-likeness (QED) is 0.371. The van der Waals surface area contributed by atoms with Gasteiger partial charge in [0.1, 0.15) is 0 Å². The lowest BCUT2D eigenvalue weighted by atomic mass is 9.96. The second kappa shape index (κ2) is 9.41. The number of oxazole rings is 1. The number of nitrogens with one attached hydrogen (secondary N) is 1. The van der Waals surface area contributed by atoms with Gasteiger partial charge in [0.2, 0.25) is 5.89 Å². The maximum absolute atomic E-state index is 10.6. The van der Waals surface area contributed by atoms with E-state index in [0.29, 0.717) is 24.7 Å². The molecular formula is C26H24N2O3. The summed E-state index contributed by atoms with van der Waals surface area (Å²) in [6, 6.07) is 24.4. The van der Waals surface area contributed by atoms with E-state index in [1.54, 1.807) is 6.20 Å². The number of carboxylic acids is 1. The first-order chi connectivity index (χ1) is 15.1. The Labute approximate surface area is 181 Å². The van der Waals surface area contributed by atoms with Crippen molar-refractivity contribution in [1.82, 2.24) is 10.3 Å². The van der Waals surface area contributed by atoms with Crippen molar-refractivity contribution >= 4 is 5.97 Å². The van der Waals surface area contributed by atoms with E-state index in [4.69, 9.17) is 9.52 Å². The second-order valence-corrected chi connectivity index (χ2v) is 7.39. The maximum Gasteiger partial charge on any atom is 0.304 e. The molecular weight excluding hydrogens is 388 g/mol. The lowest BCUT2D eigenvalue weighted by Gasteiger charge is -2.09. The number of benzene rings is 3. The van der Waals surface area contributed by atoms with Crippen LogP contribution >= 0.6 is 0 Å². The summed E-state index contributed by atoms with van der Waals surface area (Å²) in [6.45, 7) is 3.12. The van der Waals surface area contributed by atoms with Crippen LogP contribution in [0.15, 0.2) is 83.4 Å². The summed E-state index contributed by atoms with van der Waals surface area (Å²) < 4.78 is 6.13. The maximum atomic E-state index is 10.6. The summed E-state index contributed by atoms with van der Waals surface area (Å²) in [7, 11) is 0. The molecule has 3 aromatic carbocycles. The topological polar surface area (TPSA) is 75.4 Å². The number of hydrogen-bond acceptors (Lipinski definition) is 4. The fraction of sp³-hybridized carbons (Fsp3) is 0.154. The third-order valence-corrected chi connectivity index (χ3v) is 5.21. The summed E-state index contributed by atoms with van der Waals surface area (Å²) in [5.41, 5.74) is 6.41. The largest absolute Gasteiger partial charge is 0.481 e. The molecule has 156 valence electrons. The van der Waals surface area contributed by atoms with Gasteiger partial charge in [0, 0.05) is 24.2 Å². The van der Waals surface area contributed by atoms with Crippen LogP contribution < -0.4 is 5.32 Å². The average Bonchev–Trinajstić information content (AvgIpc) is 3.28. The van der Waals surface area contributed by atoms with Gasteiger partial charge >= 0.3 is 5.97 Å². The van der Waals surface area contributed by atoms with Gasteiger partial charge in [-0.15, -0.1) is 0 Å². The molecule has 4 aromatic rings. The number of hydrogen-bond donors (Lipinski definition) is 2. The minimum atomic E-state index is -0.804. The first-order valence-corrected chi connectivity index (χ1v) is 10.2. The molecule has 5 nitrogen and oxygen atoms in total. The van der Waals surface area contributed by atoms with Crippen molar-refractivity contribution in [3.05, 3.63) is 90.1 Å². The number of carboxylic acid groups (broad SMARTS) is 1. The molecule has 0 aliphatic heterocycles. The zero-order valence-corrected chi connectivity index (χ0v) is 17.3. The molecule has 5 heteroatoms. The molecule has 0 amide bonds. The van der Waals surface area contributed by atoms with Crippen LogP contribution in [0.2, 0.25) is 0 Å². The molecule has 31 heavy (non-hydrogen) atoms. The monoisotopic (exact) mass is 412 g/mol. The van der Waals surface area contributed by atoms with Crippen molar-refractivity contribution in [1.29, 1.82) is 0 Å². The molecule has 0 spiro atoms. The van der Waals surface area contributed by atoms with Gasteiger partial charge in [-0.25, -0.2) is 4.98 Å². The highest BCUT2D eigenvalue weighted by molar-refractivity contribution is 5.75. The van der Waals surface area contributed by atoms with E-state index in [0.717, 1.165) is 33.4 Å². The zero-order valence-electron chi connectivity index (χ0n) is 17.3. The Morgan fingerprint density at radius 2 is 1.71 bits per heavy atom. The first-order valence-electron chi connectivity index (χ1n) is 10.2. The van der Waals surface area contributed by atoms with Crippen molar-refractivity contribution in [3.63, 3.8) is 0 Å². The molecule has 0 aliphatic rings. The molecule has 4 rings (SSSR count). The van der Waals surface area contributed by atoms with Gasteiger partial charge in [0.05, 0.1) is 12.6 Å². The van der Waals surface area contributed by atoms with Gasteiger partial charge in [-0.2, -0.15) is 0 Å². The van der Waals surface area contributed by atoms with E-state index in [1.807, 2.05) is 54.6 Å². The lowest BCUT2D eigenvalue weighted by Crippen LogP contribution is -2.17. The van der Waals surface area contributed by atoms with Gasteiger partial charge in [0.25, 0.3) is 0 Å². The normalized spacial score (nSPS) is 10.9. The molecule has 1 aromatic heterocycles. The third kappa shape index (κ3) is 4.90. The molecule has 0 atom stereocenters. The van der Waals surface area contributed by atoms with E-state index in [2.05, 4.69) is 35.4 Å². The van der Waals surface area contributed by atoms with Gasteiger partial charge in [0.15, 0.2) is 5.76 Å². The van der Waals surface area contributed by atoms with Crippen LogP contribution in [0.4, 0.5) is 0 Å². The smallest absolute Gasteiger partial charge is 0.304 e. The van der Waals surface area contributed by atoms with Crippen molar-refractivity contribution in [2.45, 2.75) is 19.9 Å². The van der Waals surface area contributed by atoms with Crippen LogP contribution in [0.3, 0.4) is 0 Å². The van der Waals surface area contributed by atoms with E-state index in [1.165, 1.54) is 0 Å². The molecule has 2 N–H and O–H groups in total. The van der Waals surface area contributed by atoms with Crippen LogP contribution in [0.25, 0.3) is 33.9 Å². The summed E-state index contributed by atoms with van der Waals surface area (Å²) in [5, 5.41) is 11.9. The molecule has 0 fully saturated rings. The van der Waals surface area contributed by atoms with E-state index < -0.39 is 5.97 Å². The van der Waals surface area contributed by atoms with Gasteiger partial charge in [-0.3, -0.25) is 4.79 Å². The number of aliphatic carboxylic acids is 1. The Bertz CT molecular complexity index is 1180. The van der Waals surface area contributed by atoms with Crippen molar-refractivity contribution in [2.24, 2.45) is 0 Å². The number of nitrogens with zero attached hydrogens (tertiary/aromatic N) is 1. The van der Waals surface area contributed by atoms with Crippen LogP contribution in [0.1, 0.15) is 17.5 Å². The molecule has 0 aliphatic carbocycles. The standard InChI is InChI=1S/C26H24N2O3/c1-18-22(20-8-3-2-4-9-20)11-6-12-23(18)26-28-17-24(31-26)21-10-5-7-19(15-21)16-27-14-13-25(29)30/h2-12,15,17,27H,13-14,16H2,1H3,(H,29,30). The van der Waals surface area contributed by atoms with Gasteiger partial charge < -0.3 is 14.8 Å². The van der Waals surface area contributed by atoms with Crippen molar-refractivity contribution in [2.75, 3.05) is 6.54 Å². The summed E-state index contributed by atoms with van der Waals surface area (Å²) in [5.74, 6) is 0.490. The number of aromatic nitrogens is 1. The van der Waals surface area contributed by atoms with Crippen LogP contribution in [0, 0.1) is 6.92 Å². The fourth-order valence-corrected chi connectivity index (χ4v) is 3.59. The van der Waals surface area contributed by atoms with Crippen molar-refractivity contribution in [3.8, 4) is 33.9 Å². The minimum Gasteiger partial charge on any atom is -0.481 e. The molecule has 0 bridgehead atoms. The first kappa shape index (κ1) is 20.6. The predicted molar refractivity (Wildman–Crippen MR) is 122 cm³/mol. The van der Waals surface area contributed by atoms with Crippen LogP contribution in [-0.2, 0) is 11.3 Å². The lowest BCUT2D eigenvalue weighted by molar-refractivity contribution is -0.136. The fourth-order valence-electron chi connectivity index (χ4n) is 3.59.